The molecule has 1 N–H and O–H groups in total. The fourth-order valence-electron chi connectivity index (χ4n) is 3.97. The molecule has 2 aliphatic heterocycles. The van der Waals surface area contributed by atoms with Gasteiger partial charge in [0.15, 0.2) is 0 Å². The van der Waals surface area contributed by atoms with Gasteiger partial charge in [-0.15, -0.1) is 0 Å². The van der Waals surface area contributed by atoms with Crippen LogP contribution in [0.5, 0.6) is 0 Å². The zero-order chi connectivity index (χ0) is 14.2. The molecule has 1 aromatic carbocycles. The average molecular weight is 272 g/mol. The van der Waals surface area contributed by atoms with Crippen LogP contribution in [0, 0.1) is 0 Å². The van der Waals surface area contributed by atoms with Crippen LogP contribution in [0.15, 0.2) is 30.3 Å². The molecule has 0 amide bonds. The minimum Gasteiger partial charge on any atom is -0.313 e. The molecule has 20 heavy (non-hydrogen) atoms. The van der Waals surface area contributed by atoms with Gasteiger partial charge in [-0.3, -0.25) is 0 Å². The van der Waals surface area contributed by atoms with E-state index in [0.29, 0.717) is 6.04 Å². The Morgan fingerprint density at radius 2 is 1.70 bits per heavy atom. The number of hydrogen-bond donors (Lipinski definition) is 1. The van der Waals surface area contributed by atoms with E-state index in [0.717, 1.165) is 18.6 Å². The third-order valence-electron chi connectivity index (χ3n) is 5.49. The van der Waals surface area contributed by atoms with Crippen molar-refractivity contribution in [1.29, 1.82) is 0 Å². The number of benzene rings is 1. The van der Waals surface area contributed by atoms with Gasteiger partial charge in [0, 0.05) is 30.1 Å². The van der Waals surface area contributed by atoms with Crippen molar-refractivity contribution in [2.45, 2.75) is 63.1 Å². The molecule has 2 fully saturated rings. The zero-order valence-electron chi connectivity index (χ0n) is 13.1. The van der Waals surface area contributed by atoms with E-state index in [-0.39, 0.29) is 5.41 Å². The maximum Gasteiger partial charge on any atom is 0.0111 e. The molecule has 0 saturated carbocycles. The standard InChI is InChI=1S/C18H28N2/c1-18(2,14-7-5-4-6-8-14)13-19-15-11-16-9-10-17(12-15)20(16)3/h4-8,15-17,19H,9-13H2,1-3H3. The summed E-state index contributed by atoms with van der Waals surface area (Å²) in [6.07, 6.45) is 5.47. The first kappa shape index (κ1) is 14.1. The minimum absolute atomic E-state index is 0.212. The van der Waals surface area contributed by atoms with Gasteiger partial charge >= 0.3 is 0 Å². The van der Waals surface area contributed by atoms with Crippen molar-refractivity contribution in [2.24, 2.45) is 0 Å². The molecule has 0 radical (unpaired) electrons. The SMILES string of the molecule is CN1C2CCC1CC(NCC(C)(C)c1ccccc1)C2. The highest BCUT2D eigenvalue weighted by atomic mass is 15.2. The molecule has 2 aliphatic rings. The van der Waals surface area contributed by atoms with Crippen LogP contribution in [0.4, 0.5) is 0 Å². The van der Waals surface area contributed by atoms with Crippen LogP contribution >= 0.6 is 0 Å². The molecule has 2 heterocycles. The molecule has 2 saturated heterocycles. The Morgan fingerprint density at radius 3 is 2.30 bits per heavy atom. The molecule has 1 aromatic rings. The van der Waals surface area contributed by atoms with E-state index in [4.69, 9.17) is 0 Å². The number of nitrogens with zero attached hydrogens (tertiary/aromatic N) is 1. The van der Waals surface area contributed by atoms with Crippen LogP contribution in [0.2, 0.25) is 0 Å². The first-order chi connectivity index (χ1) is 9.56. The predicted octanol–water partition coefficient (Wildman–Crippen LogP) is 3.18. The quantitative estimate of drug-likeness (QED) is 0.905. The van der Waals surface area contributed by atoms with E-state index in [2.05, 4.69) is 61.4 Å². The van der Waals surface area contributed by atoms with E-state index in [9.17, 15) is 0 Å². The highest BCUT2D eigenvalue weighted by molar-refractivity contribution is 5.24. The van der Waals surface area contributed by atoms with Gasteiger partial charge in [-0.25, -0.2) is 0 Å². The Labute approximate surface area is 123 Å². The molecule has 2 unspecified atom stereocenters. The van der Waals surface area contributed by atoms with Crippen LogP contribution in [0.3, 0.4) is 0 Å². The Morgan fingerprint density at radius 1 is 1.10 bits per heavy atom. The van der Waals surface area contributed by atoms with Crippen LogP contribution < -0.4 is 5.32 Å². The van der Waals surface area contributed by atoms with Gasteiger partial charge in [-0.2, -0.15) is 0 Å². The number of piperidine rings is 1. The van der Waals surface area contributed by atoms with Gasteiger partial charge in [0.05, 0.1) is 0 Å². The van der Waals surface area contributed by atoms with Crippen LogP contribution in [-0.4, -0.2) is 36.6 Å². The number of nitrogens with one attached hydrogen (secondary N) is 1. The van der Waals surface area contributed by atoms with E-state index in [1.54, 1.807) is 0 Å². The van der Waals surface area contributed by atoms with Gasteiger partial charge in [0.2, 0.25) is 0 Å². The largest absolute Gasteiger partial charge is 0.313 e. The molecule has 2 atom stereocenters. The summed E-state index contributed by atoms with van der Waals surface area (Å²) in [5.74, 6) is 0. The van der Waals surface area contributed by atoms with Crippen LogP contribution in [0.1, 0.15) is 45.1 Å². The van der Waals surface area contributed by atoms with Gasteiger partial charge in [0.25, 0.3) is 0 Å². The third-order valence-corrected chi connectivity index (χ3v) is 5.49. The maximum atomic E-state index is 3.86. The highest BCUT2D eigenvalue weighted by Gasteiger charge is 2.38. The first-order valence-electron chi connectivity index (χ1n) is 8.07. The summed E-state index contributed by atoms with van der Waals surface area (Å²) in [5, 5.41) is 3.86. The maximum absolute atomic E-state index is 3.86. The van der Waals surface area contributed by atoms with Crippen molar-refractivity contribution in [3.8, 4) is 0 Å². The van der Waals surface area contributed by atoms with E-state index in [1.165, 1.54) is 31.2 Å². The molecule has 110 valence electrons. The summed E-state index contributed by atoms with van der Waals surface area (Å²) in [4.78, 5) is 2.61. The van der Waals surface area contributed by atoms with Crippen molar-refractivity contribution >= 4 is 0 Å². The fraction of sp³-hybridized carbons (Fsp3) is 0.667. The molecule has 0 aliphatic carbocycles. The number of rotatable bonds is 4. The van der Waals surface area contributed by atoms with Gasteiger partial charge in [-0.05, 0) is 38.3 Å². The molecule has 0 spiro atoms. The molecule has 3 rings (SSSR count). The van der Waals surface area contributed by atoms with Gasteiger partial charge in [0.1, 0.15) is 0 Å². The average Bonchev–Trinajstić information content (AvgIpc) is 2.67. The van der Waals surface area contributed by atoms with Crippen molar-refractivity contribution in [3.63, 3.8) is 0 Å². The first-order valence-corrected chi connectivity index (χ1v) is 8.07. The van der Waals surface area contributed by atoms with E-state index < -0.39 is 0 Å². The lowest BCUT2D eigenvalue weighted by Crippen LogP contribution is -2.49. The predicted molar refractivity (Wildman–Crippen MR) is 85.1 cm³/mol. The summed E-state index contributed by atoms with van der Waals surface area (Å²) >= 11 is 0. The van der Waals surface area contributed by atoms with E-state index >= 15 is 0 Å². The second-order valence-electron chi connectivity index (χ2n) is 7.35. The smallest absolute Gasteiger partial charge is 0.0111 e. The Bertz CT molecular complexity index is 426. The topological polar surface area (TPSA) is 15.3 Å². The molecular formula is C18H28N2. The lowest BCUT2D eigenvalue weighted by atomic mass is 9.84. The molecule has 2 heteroatoms. The normalized spacial score (nSPS) is 30.6. The minimum atomic E-state index is 0.212. The Kier molecular flexibility index (Phi) is 3.87. The second-order valence-corrected chi connectivity index (χ2v) is 7.35. The second kappa shape index (κ2) is 5.50. The van der Waals surface area contributed by atoms with Crippen LogP contribution in [0.25, 0.3) is 0 Å². The summed E-state index contributed by atoms with van der Waals surface area (Å²) in [7, 11) is 2.31. The summed E-state index contributed by atoms with van der Waals surface area (Å²) in [6.45, 7) is 5.77. The van der Waals surface area contributed by atoms with Crippen molar-refractivity contribution in [1.82, 2.24) is 10.2 Å². The van der Waals surface area contributed by atoms with Crippen molar-refractivity contribution < 1.29 is 0 Å². The number of fused-ring (bicyclic) bond motifs is 2. The monoisotopic (exact) mass is 272 g/mol. The third kappa shape index (κ3) is 2.77. The van der Waals surface area contributed by atoms with Crippen LogP contribution in [-0.2, 0) is 5.41 Å². The molecule has 2 nitrogen and oxygen atoms in total. The van der Waals surface area contributed by atoms with E-state index in [1.807, 2.05) is 0 Å². The zero-order valence-corrected chi connectivity index (χ0v) is 13.1. The summed E-state index contributed by atoms with van der Waals surface area (Å²) in [6, 6.07) is 13.3. The number of hydrogen-bond acceptors (Lipinski definition) is 2. The van der Waals surface area contributed by atoms with Gasteiger partial charge in [-0.1, -0.05) is 44.2 Å². The summed E-state index contributed by atoms with van der Waals surface area (Å²) < 4.78 is 0. The lowest BCUT2D eigenvalue weighted by Gasteiger charge is -2.38. The Hall–Kier alpha value is -0.860. The fourth-order valence-corrected chi connectivity index (χ4v) is 3.97. The molecule has 0 aromatic heterocycles. The molecule has 2 bridgehead atoms. The van der Waals surface area contributed by atoms with Gasteiger partial charge < -0.3 is 10.2 Å². The highest BCUT2D eigenvalue weighted by Crippen LogP contribution is 2.34. The summed E-state index contributed by atoms with van der Waals surface area (Å²) in [5.41, 5.74) is 1.65. The Balaban J connectivity index is 1.57. The molecular weight excluding hydrogens is 244 g/mol. The lowest BCUT2D eigenvalue weighted by molar-refractivity contribution is 0.146. The van der Waals surface area contributed by atoms with Crippen molar-refractivity contribution in [3.05, 3.63) is 35.9 Å². The van der Waals surface area contributed by atoms with Crippen molar-refractivity contribution in [2.75, 3.05) is 13.6 Å².